The number of benzene rings is 3. The lowest BCUT2D eigenvalue weighted by Crippen LogP contribution is -1.82. The van der Waals surface area contributed by atoms with Crippen LogP contribution in [-0.2, 0) is 0 Å². The SMILES string of the molecule is c1ccc2sc(-c3ccc4cc(-c5ccc6nccnc6c5)oc4c3)cc2c1. The van der Waals surface area contributed by atoms with Gasteiger partial charge in [0, 0.05) is 32.9 Å². The second kappa shape index (κ2) is 6.01. The summed E-state index contributed by atoms with van der Waals surface area (Å²) in [5.74, 6) is 0.844. The predicted octanol–water partition coefficient (Wildman–Crippen LogP) is 6.92. The van der Waals surface area contributed by atoms with Crippen LogP contribution in [0.15, 0.2) is 89.6 Å². The molecular formula is C24H14N2OS. The molecule has 0 aliphatic carbocycles. The molecule has 6 rings (SSSR count). The number of aromatic nitrogens is 2. The van der Waals surface area contributed by atoms with E-state index in [9.17, 15) is 0 Å². The van der Waals surface area contributed by atoms with Crippen molar-refractivity contribution in [2.24, 2.45) is 0 Å². The van der Waals surface area contributed by atoms with Crippen LogP contribution in [0.4, 0.5) is 0 Å². The van der Waals surface area contributed by atoms with Gasteiger partial charge in [-0.2, -0.15) is 0 Å². The summed E-state index contributed by atoms with van der Waals surface area (Å²) in [6.45, 7) is 0. The normalized spacial score (nSPS) is 11.6. The average Bonchev–Trinajstić information content (AvgIpc) is 3.37. The summed E-state index contributed by atoms with van der Waals surface area (Å²) in [6, 6.07) is 25.3. The van der Waals surface area contributed by atoms with Gasteiger partial charge in [-0.25, -0.2) is 0 Å². The van der Waals surface area contributed by atoms with E-state index >= 15 is 0 Å². The Morgan fingerprint density at radius 2 is 1.54 bits per heavy atom. The predicted molar refractivity (Wildman–Crippen MR) is 116 cm³/mol. The zero-order chi connectivity index (χ0) is 18.5. The number of rotatable bonds is 2. The summed E-state index contributed by atoms with van der Waals surface area (Å²) in [4.78, 5) is 9.97. The summed E-state index contributed by atoms with van der Waals surface area (Å²) < 4.78 is 7.50. The molecule has 0 fully saturated rings. The van der Waals surface area contributed by atoms with E-state index < -0.39 is 0 Å². The first kappa shape index (κ1) is 15.5. The number of hydrogen-bond donors (Lipinski definition) is 0. The quantitative estimate of drug-likeness (QED) is 0.328. The van der Waals surface area contributed by atoms with Crippen LogP contribution in [0.3, 0.4) is 0 Å². The van der Waals surface area contributed by atoms with E-state index in [4.69, 9.17) is 4.42 Å². The minimum absolute atomic E-state index is 0.844. The van der Waals surface area contributed by atoms with Crippen molar-refractivity contribution in [2.45, 2.75) is 0 Å². The third-order valence-electron chi connectivity index (χ3n) is 4.98. The fourth-order valence-corrected chi connectivity index (χ4v) is 4.63. The van der Waals surface area contributed by atoms with Crippen molar-refractivity contribution in [1.82, 2.24) is 9.97 Å². The van der Waals surface area contributed by atoms with Crippen LogP contribution < -0.4 is 0 Å². The lowest BCUT2D eigenvalue weighted by Gasteiger charge is -1.99. The van der Waals surface area contributed by atoms with E-state index in [-0.39, 0.29) is 0 Å². The van der Waals surface area contributed by atoms with E-state index in [0.29, 0.717) is 0 Å². The van der Waals surface area contributed by atoms with Crippen molar-refractivity contribution in [2.75, 3.05) is 0 Å². The van der Waals surface area contributed by atoms with Gasteiger partial charge in [0.25, 0.3) is 0 Å². The van der Waals surface area contributed by atoms with E-state index in [1.54, 1.807) is 23.7 Å². The Kier molecular flexibility index (Phi) is 3.34. The molecule has 0 amide bonds. The maximum Gasteiger partial charge on any atom is 0.135 e. The third kappa shape index (κ3) is 2.50. The summed E-state index contributed by atoms with van der Waals surface area (Å²) >= 11 is 1.81. The topological polar surface area (TPSA) is 38.9 Å². The van der Waals surface area contributed by atoms with Crippen LogP contribution in [-0.4, -0.2) is 9.97 Å². The largest absolute Gasteiger partial charge is 0.456 e. The van der Waals surface area contributed by atoms with Crippen LogP contribution >= 0.6 is 11.3 Å². The molecule has 0 saturated carbocycles. The van der Waals surface area contributed by atoms with Crippen LogP contribution in [0, 0.1) is 0 Å². The first-order valence-electron chi connectivity index (χ1n) is 9.07. The molecule has 0 saturated heterocycles. The highest BCUT2D eigenvalue weighted by molar-refractivity contribution is 7.22. The Hall–Kier alpha value is -3.50. The van der Waals surface area contributed by atoms with Crippen LogP contribution in [0.25, 0.3) is 53.9 Å². The number of thiophene rings is 1. The fraction of sp³-hybridized carbons (Fsp3) is 0. The third-order valence-corrected chi connectivity index (χ3v) is 6.15. The highest BCUT2D eigenvalue weighted by atomic mass is 32.1. The van der Waals surface area contributed by atoms with Gasteiger partial charge < -0.3 is 4.42 Å². The maximum absolute atomic E-state index is 6.20. The van der Waals surface area contributed by atoms with Gasteiger partial charge in [0.15, 0.2) is 0 Å². The molecule has 0 unspecified atom stereocenters. The fourth-order valence-electron chi connectivity index (χ4n) is 3.57. The second-order valence-electron chi connectivity index (χ2n) is 6.77. The molecule has 0 aliphatic rings. The molecule has 6 aromatic rings. The standard InChI is InChI=1S/C24H14N2OS/c1-2-4-23-17(3-1)14-24(28-23)18-6-5-16-12-21(27-22(16)13-18)15-7-8-19-20(11-15)26-10-9-25-19/h1-14H. The van der Waals surface area contributed by atoms with Gasteiger partial charge >= 0.3 is 0 Å². The van der Waals surface area contributed by atoms with Crippen molar-refractivity contribution in [3.63, 3.8) is 0 Å². The van der Waals surface area contributed by atoms with Crippen LogP contribution in [0.5, 0.6) is 0 Å². The molecule has 3 heterocycles. The molecule has 0 spiro atoms. The molecule has 132 valence electrons. The Morgan fingerprint density at radius 3 is 2.46 bits per heavy atom. The van der Waals surface area contributed by atoms with Crippen molar-refractivity contribution >= 4 is 43.4 Å². The molecule has 28 heavy (non-hydrogen) atoms. The first-order chi connectivity index (χ1) is 13.8. The Morgan fingerprint density at radius 1 is 0.679 bits per heavy atom. The highest BCUT2D eigenvalue weighted by Crippen LogP contribution is 2.36. The van der Waals surface area contributed by atoms with Crippen molar-refractivity contribution in [3.8, 4) is 21.8 Å². The lowest BCUT2D eigenvalue weighted by molar-refractivity contribution is 0.632. The maximum atomic E-state index is 6.20. The van der Waals surface area contributed by atoms with Crippen molar-refractivity contribution in [1.29, 1.82) is 0 Å². The zero-order valence-electron chi connectivity index (χ0n) is 14.8. The molecule has 3 aromatic heterocycles. The molecule has 4 heteroatoms. The Balaban J connectivity index is 1.45. The zero-order valence-corrected chi connectivity index (χ0v) is 15.6. The molecule has 0 atom stereocenters. The minimum Gasteiger partial charge on any atom is -0.456 e. The van der Waals surface area contributed by atoms with Gasteiger partial charge in [-0.3, -0.25) is 9.97 Å². The van der Waals surface area contributed by atoms with E-state index in [1.807, 2.05) is 18.2 Å². The number of hydrogen-bond acceptors (Lipinski definition) is 4. The molecular weight excluding hydrogens is 364 g/mol. The monoisotopic (exact) mass is 378 g/mol. The van der Waals surface area contributed by atoms with Gasteiger partial charge in [-0.15, -0.1) is 11.3 Å². The van der Waals surface area contributed by atoms with Gasteiger partial charge in [-0.1, -0.05) is 30.3 Å². The van der Waals surface area contributed by atoms with Gasteiger partial charge in [-0.05, 0) is 53.4 Å². The van der Waals surface area contributed by atoms with Gasteiger partial charge in [0.2, 0.25) is 0 Å². The minimum atomic E-state index is 0.844. The number of fused-ring (bicyclic) bond motifs is 3. The Labute approximate surface area is 164 Å². The molecule has 3 aromatic carbocycles. The summed E-state index contributed by atoms with van der Waals surface area (Å²) in [6.07, 6.45) is 3.42. The number of nitrogens with zero attached hydrogens (tertiary/aromatic N) is 2. The highest BCUT2D eigenvalue weighted by Gasteiger charge is 2.10. The first-order valence-corrected chi connectivity index (χ1v) is 9.89. The number of furan rings is 1. The smallest absolute Gasteiger partial charge is 0.135 e. The lowest BCUT2D eigenvalue weighted by atomic mass is 10.1. The van der Waals surface area contributed by atoms with E-state index in [2.05, 4.69) is 64.6 Å². The van der Waals surface area contributed by atoms with Crippen LogP contribution in [0.2, 0.25) is 0 Å². The summed E-state index contributed by atoms with van der Waals surface area (Å²) in [7, 11) is 0. The average molecular weight is 378 g/mol. The molecule has 0 aliphatic heterocycles. The van der Waals surface area contributed by atoms with Crippen LogP contribution in [0.1, 0.15) is 0 Å². The summed E-state index contributed by atoms with van der Waals surface area (Å²) in [5.41, 5.74) is 4.83. The van der Waals surface area contributed by atoms with Crippen molar-refractivity contribution in [3.05, 3.63) is 85.2 Å². The van der Waals surface area contributed by atoms with E-state index in [0.717, 1.165) is 33.3 Å². The van der Waals surface area contributed by atoms with Gasteiger partial charge in [0.05, 0.1) is 11.0 Å². The van der Waals surface area contributed by atoms with Gasteiger partial charge in [0.1, 0.15) is 11.3 Å². The summed E-state index contributed by atoms with van der Waals surface area (Å²) in [5, 5.41) is 2.37. The molecule has 0 radical (unpaired) electrons. The molecule has 3 nitrogen and oxygen atoms in total. The Bertz CT molecular complexity index is 1450. The van der Waals surface area contributed by atoms with E-state index in [1.165, 1.54) is 20.5 Å². The molecule has 0 N–H and O–H groups in total. The van der Waals surface area contributed by atoms with Crippen molar-refractivity contribution < 1.29 is 4.42 Å². The second-order valence-corrected chi connectivity index (χ2v) is 7.86. The molecule has 0 bridgehead atoms.